The summed E-state index contributed by atoms with van der Waals surface area (Å²) in [6, 6.07) is 14.0. The Hall–Kier alpha value is -3.48. The van der Waals surface area contributed by atoms with E-state index in [1.54, 1.807) is 31.5 Å². The zero-order valence-corrected chi connectivity index (χ0v) is 18.1. The van der Waals surface area contributed by atoms with Gasteiger partial charge in [0.05, 0.1) is 18.8 Å². The van der Waals surface area contributed by atoms with E-state index in [1.807, 2.05) is 29.2 Å². The van der Waals surface area contributed by atoms with E-state index in [4.69, 9.17) is 10.5 Å². The largest absolute Gasteiger partial charge is 0.497 e. The molecular formula is C25H27FN4O2. The number of hydrogen-bond acceptors (Lipinski definition) is 5. The molecule has 0 bridgehead atoms. The predicted octanol–water partition coefficient (Wildman–Crippen LogP) is 4.56. The second kappa shape index (κ2) is 9.77. The molecule has 0 radical (unpaired) electrons. The Morgan fingerprint density at radius 1 is 1.16 bits per heavy atom. The van der Waals surface area contributed by atoms with Crippen molar-refractivity contribution in [3.63, 3.8) is 0 Å². The molecular weight excluding hydrogens is 407 g/mol. The first-order valence-corrected chi connectivity index (χ1v) is 10.9. The maximum Gasteiger partial charge on any atom is 0.223 e. The van der Waals surface area contributed by atoms with Crippen molar-refractivity contribution in [2.24, 2.45) is 0 Å². The monoisotopic (exact) mass is 434 g/mol. The predicted molar refractivity (Wildman–Crippen MR) is 121 cm³/mol. The summed E-state index contributed by atoms with van der Waals surface area (Å²) in [6.45, 7) is 0.646. The van der Waals surface area contributed by atoms with E-state index in [9.17, 15) is 9.18 Å². The van der Waals surface area contributed by atoms with Gasteiger partial charge in [-0.3, -0.25) is 4.79 Å². The Balaban J connectivity index is 1.59. The molecule has 166 valence electrons. The first-order chi connectivity index (χ1) is 15.6. The highest BCUT2D eigenvalue weighted by Crippen LogP contribution is 2.37. The standard InChI is InChI=1S/C25H27FN4O2/c1-32-18-12-9-17(10-13-18)11-14-23(31)30-15-5-4-8-22(30)24-20(16-28-25(27)29-24)19-6-2-3-7-21(19)26/h2-3,6-7,9-10,12-13,16,22H,4-5,8,11,14-15H2,1H3,(H2,27,28,29)/t22-/m1/s1. The summed E-state index contributed by atoms with van der Waals surface area (Å²) in [5, 5.41) is 0. The van der Waals surface area contributed by atoms with E-state index >= 15 is 0 Å². The highest BCUT2D eigenvalue weighted by atomic mass is 19.1. The second-order valence-corrected chi connectivity index (χ2v) is 7.95. The van der Waals surface area contributed by atoms with Crippen LogP contribution in [0, 0.1) is 5.82 Å². The summed E-state index contributed by atoms with van der Waals surface area (Å²) >= 11 is 0. The highest BCUT2D eigenvalue weighted by molar-refractivity contribution is 5.78. The van der Waals surface area contributed by atoms with Crippen LogP contribution in [0.5, 0.6) is 5.75 Å². The van der Waals surface area contributed by atoms with Crippen LogP contribution in [0.1, 0.15) is 43.0 Å². The number of carbonyl (C=O) groups excluding carboxylic acids is 1. The molecule has 3 aromatic rings. The molecule has 1 atom stereocenters. The Labute approximate surface area is 187 Å². The summed E-state index contributed by atoms with van der Waals surface area (Å²) in [5.41, 5.74) is 8.58. The molecule has 1 aliphatic rings. The van der Waals surface area contributed by atoms with Crippen LogP contribution >= 0.6 is 0 Å². The Morgan fingerprint density at radius 3 is 2.69 bits per heavy atom. The molecule has 1 aliphatic heterocycles. The number of likely N-dealkylation sites (tertiary alicyclic amines) is 1. The number of nitrogen functional groups attached to an aromatic ring is 1. The lowest BCUT2D eigenvalue weighted by molar-refractivity contribution is -0.135. The maximum atomic E-state index is 14.6. The third-order valence-electron chi connectivity index (χ3n) is 5.93. The molecule has 4 rings (SSSR count). The number of anilines is 1. The fraction of sp³-hybridized carbons (Fsp3) is 0.320. The molecule has 2 heterocycles. The average Bonchev–Trinajstić information content (AvgIpc) is 2.83. The van der Waals surface area contributed by atoms with Gasteiger partial charge in [-0.05, 0) is 49.4 Å². The van der Waals surface area contributed by atoms with Crippen molar-refractivity contribution < 1.29 is 13.9 Å². The number of piperidine rings is 1. The van der Waals surface area contributed by atoms with Crippen LogP contribution in [0.3, 0.4) is 0 Å². The normalized spacial score (nSPS) is 16.1. The lowest BCUT2D eigenvalue weighted by atomic mass is 9.93. The minimum Gasteiger partial charge on any atom is -0.497 e. The van der Waals surface area contributed by atoms with Crippen LogP contribution in [0.25, 0.3) is 11.1 Å². The SMILES string of the molecule is COc1ccc(CCC(=O)N2CCCC[C@@H]2c2nc(N)ncc2-c2ccccc2F)cc1. The number of hydrogen-bond donors (Lipinski definition) is 1. The van der Waals surface area contributed by atoms with Crippen LogP contribution in [-0.4, -0.2) is 34.4 Å². The second-order valence-electron chi connectivity index (χ2n) is 7.95. The number of carbonyl (C=O) groups is 1. The topological polar surface area (TPSA) is 81.3 Å². The van der Waals surface area contributed by atoms with E-state index in [2.05, 4.69) is 9.97 Å². The van der Waals surface area contributed by atoms with Gasteiger partial charge in [0, 0.05) is 30.3 Å². The van der Waals surface area contributed by atoms with Crippen molar-refractivity contribution in [1.82, 2.24) is 14.9 Å². The third kappa shape index (κ3) is 4.72. The average molecular weight is 435 g/mol. The van der Waals surface area contributed by atoms with Gasteiger partial charge in [0.15, 0.2) is 0 Å². The molecule has 1 amide bonds. The quantitative estimate of drug-likeness (QED) is 0.615. The highest BCUT2D eigenvalue weighted by Gasteiger charge is 2.31. The van der Waals surface area contributed by atoms with Crippen molar-refractivity contribution in [3.8, 4) is 16.9 Å². The number of rotatable bonds is 6. The number of benzene rings is 2. The fourth-order valence-electron chi connectivity index (χ4n) is 4.25. The molecule has 32 heavy (non-hydrogen) atoms. The van der Waals surface area contributed by atoms with Gasteiger partial charge in [0.25, 0.3) is 0 Å². The molecule has 6 nitrogen and oxygen atoms in total. The summed E-state index contributed by atoms with van der Waals surface area (Å²) < 4.78 is 19.8. The molecule has 2 N–H and O–H groups in total. The summed E-state index contributed by atoms with van der Waals surface area (Å²) in [6.07, 6.45) is 5.24. The Morgan fingerprint density at radius 2 is 1.94 bits per heavy atom. The number of nitrogens with two attached hydrogens (primary N) is 1. The first kappa shape index (κ1) is 21.7. The van der Waals surface area contributed by atoms with Gasteiger partial charge in [-0.2, -0.15) is 0 Å². The van der Waals surface area contributed by atoms with Crippen molar-refractivity contribution in [2.45, 2.75) is 38.1 Å². The van der Waals surface area contributed by atoms with E-state index in [0.29, 0.717) is 36.2 Å². The van der Waals surface area contributed by atoms with E-state index in [-0.39, 0.29) is 23.7 Å². The maximum absolute atomic E-state index is 14.6. The van der Waals surface area contributed by atoms with Gasteiger partial charge in [-0.1, -0.05) is 30.3 Å². The van der Waals surface area contributed by atoms with Crippen molar-refractivity contribution in [1.29, 1.82) is 0 Å². The van der Waals surface area contributed by atoms with Crippen LogP contribution in [0.15, 0.2) is 54.7 Å². The summed E-state index contributed by atoms with van der Waals surface area (Å²) in [5.74, 6) is 0.618. The third-order valence-corrected chi connectivity index (χ3v) is 5.93. The minimum atomic E-state index is -0.352. The number of halogens is 1. The van der Waals surface area contributed by atoms with E-state index < -0.39 is 0 Å². The number of nitrogens with zero attached hydrogens (tertiary/aromatic N) is 3. The molecule has 1 saturated heterocycles. The lowest BCUT2D eigenvalue weighted by Crippen LogP contribution is -2.39. The zero-order valence-electron chi connectivity index (χ0n) is 18.1. The van der Waals surface area contributed by atoms with Crippen molar-refractivity contribution in [2.75, 3.05) is 19.4 Å². The summed E-state index contributed by atoms with van der Waals surface area (Å²) in [7, 11) is 1.63. The fourth-order valence-corrected chi connectivity index (χ4v) is 4.25. The van der Waals surface area contributed by atoms with Crippen molar-refractivity contribution in [3.05, 3.63) is 71.8 Å². The van der Waals surface area contributed by atoms with Gasteiger partial charge < -0.3 is 15.4 Å². The van der Waals surface area contributed by atoms with E-state index in [0.717, 1.165) is 30.6 Å². The van der Waals surface area contributed by atoms with Crippen LogP contribution in [0.2, 0.25) is 0 Å². The van der Waals surface area contributed by atoms with Gasteiger partial charge in [0.2, 0.25) is 11.9 Å². The molecule has 0 unspecified atom stereocenters. The lowest BCUT2D eigenvalue weighted by Gasteiger charge is -2.36. The Kier molecular flexibility index (Phi) is 6.63. The molecule has 0 aliphatic carbocycles. The Bertz CT molecular complexity index is 1090. The van der Waals surface area contributed by atoms with Gasteiger partial charge in [-0.15, -0.1) is 0 Å². The zero-order chi connectivity index (χ0) is 22.5. The molecule has 0 spiro atoms. The van der Waals surface area contributed by atoms with E-state index in [1.165, 1.54) is 6.07 Å². The molecule has 1 aromatic heterocycles. The number of aromatic nitrogens is 2. The van der Waals surface area contributed by atoms with Crippen LogP contribution in [-0.2, 0) is 11.2 Å². The number of amides is 1. The molecule has 0 saturated carbocycles. The number of methoxy groups -OCH3 is 1. The molecule has 1 fully saturated rings. The number of aryl methyl sites for hydroxylation is 1. The summed E-state index contributed by atoms with van der Waals surface area (Å²) in [4.78, 5) is 23.7. The molecule has 2 aromatic carbocycles. The smallest absolute Gasteiger partial charge is 0.223 e. The molecule has 7 heteroatoms. The number of ether oxygens (including phenoxy) is 1. The van der Waals surface area contributed by atoms with Crippen LogP contribution in [0.4, 0.5) is 10.3 Å². The van der Waals surface area contributed by atoms with Gasteiger partial charge in [-0.25, -0.2) is 14.4 Å². The first-order valence-electron chi connectivity index (χ1n) is 10.9. The van der Waals surface area contributed by atoms with Gasteiger partial charge >= 0.3 is 0 Å². The van der Waals surface area contributed by atoms with Crippen molar-refractivity contribution >= 4 is 11.9 Å². The minimum absolute atomic E-state index is 0.0576. The van der Waals surface area contributed by atoms with Crippen LogP contribution < -0.4 is 10.5 Å². The van der Waals surface area contributed by atoms with Gasteiger partial charge in [0.1, 0.15) is 11.6 Å².